The number of carbonyl (C=O) groups is 1. The molecular weight excluding hydrogens is 168 g/mol. The van der Waals surface area contributed by atoms with Crippen molar-refractivity contribution in [2.24, 2.45) is 5.73 Å². The van der Waals surface area contributed by atoms with Crippen LogP contribution in [0.1, 0.15) is 5.69 Å². The SMILES string of the molecule is Cc1ccnn1CC(=O)NCCN. The van der Waals surface area contributed by atoms with E-state index in [1.807, 2.05) is 13.0 Å². The Kier molecular flexibility index (Phi) is 3.45. The highest BCUT2D eigenvalue weighted by molar-refractivity contribution is 5.75. The van der Waals surface area contributed by atoms with Crippen molar-refractivity contribution in [2.75, 3.05) is 13.1 Å². The molecule has 1 aromatic rings. The molecule has 1 rings (SSSR count). The number of hydrogen-bond donors (Lipinski definition) is 2. The quantitative estimate of drug-likeness (QED) is 0.644. The third kappa shape index (κ3) is 2.87. The summed E-state index contributed by atoms with van der Waals surface area (Å²) in [5.41, 5.74) is 6.22. The fourth-order valence-electron chi connectivity index (χ4n) is 0.968. The van der Waals surface area contributed by atoms with Gasteiger partial charge < -0.3 is 11.1 Å². The van der Waals surface area contributed by atoms with Gasteiger partial charge in [-0.3, -0.25) is 9.48 Å². The van der Waals surface area contributed by atoms with Gasteiger partial charge in [0.05, 0.1) is 0 Å². The molecule has 72 valence electrons. The molecule has 0 fully saturated rings. The lowest BCUT2D eigenvalue weighted by atomic mass is 10.4. The van der Waals surface area contributed by atoms with Gasteiger partial charge in [0.2, 0.25) is 5.91 Å². The predicted octanol–water partition coefficient (Wildman–Crippen LogP) is -0.734. The topological polar surface area (TPSA) is 72.9 Å². The number of aromatic nitrogens is 2. The largest absolute Gasteiger partial charge is 0.353 e. The maximum Gasteiger partial charge on any atom is 0.241 e. The van der Waals surface area contributed by atoms with Crippen LogP contribution in [-0.4, -0.2) is 28.8 Å². The molecule has 1 heterocycles. The molecule has 0 aromatic carbocycles. The molecule has 0 radical (unpaired) electrons. The number of carbonyl (C=O) groups excluding carboxylic acids is 1. The molecule has 0 atom stereocenters. The van der Waals surface area contributed by atoms with Crippen molar-refractivity contribution >= 4 is 5.91 Å². The number of nitrogens with zero attached hydrogens (tertiary/aromatic N) is 2. The van der Waals surface area contributed by atoms with E-state index in [4.69, 9.17) is 5.73 Å². The summed E-state index contributed by atoms with van der Waals surface area (Å²) in [4.78, 5) is 11.2. The molecule has 5 nitrogen and oxygen atoms in total. The zero-order valence-corrected chi connectivity index (χ0v) is 7.66. The highest BCUT2D eigenvalue weighted by atomic mass is 16.2. The van der Waals surface area contributed by atoms with E-state index in [1.54, 1.807) is 10.9 Å². The molecule has 3 N–H and O–H groups in total. The Bertz CT molecular complexity index is 281. The van der Waals surface area contributed by atoms with E-state index >= 15 is 0 Å². The monoisotopic (exact) mass is 182 g/mol. The van der Waals surface area contributed by atoms with Crippen LogP contribution in [0.25, 0.3) is 0 Å². The second-order valence-electron chi connectivity index (χ2n) is 2.77. The maximum atomic E-state index is 11.2. The van der Waals surface area contributed by atoms with Gasteiger partial charge in [-0.2, -0.15) is 5.10 Å². The maximum absolute atomic E-state index is 11.2. The van der Waals surface area contributed by atoms with Crippen molar-refractivity contribution in [2.45, 2.75) is 13.5 Å². The normalized spacial score (nSPS) is 10.0. The third-order valence-corrected chi connectivity index (χ3v) is 1.69. The summed E-state index contributed by atoms with van der Waals surface area (Å²) in [7, 11) is 0. The van der Waals surface area contributed by atoms with Crippen molar-refractivity contribution in [3.8, 4) is 0 Å². The van der Waals surface area contributed by atoms with E-state index in [0.717, 1.165) is 5.69 Å². The van der Waals surface area contributed by atoms with E-state index in [0.29, 0.717) is 13.1 Å². The van der Waals surface area contributed by atoms with Crippen LogP contribution < -0.4 is 11.1 Å². The number of amides is 1. The van der Waals surface area contributed by atoms with Crippen molar-refractivity contribution in [3.05, 3.63) is 18.0 Å². The highest BCUT2D eigenvalue weighted by Crippen LogP contribution is 1.94. The van der Waals surface area contributed by atoms with Gasteiger partial charge in [-0.25, -0.2) is 0 Å². The first kappa shape index (κ1) is 9.73. The molecule has 1 amide bonds. The van der Waals surface area contributed by atoms with Gasteiger partial charge in [-0.05, 0) is 13.0 Å². The van der Waals surface area contributed by atoms with E-state index < -0.39 is 0 Å². The van der Waals surface area contributed by atoms with E-state index in [-0.39, 0.29) is 12.5 Å². The third-order valence-electron chi connectivity index (χ3n) is 1.69. The lowest BCUT2D eigenvalue weighted by Gasteiger charge is -2.04. The number of rotatable bonds is 4. The minimum Gasteiger partial charge on any atom is -0.353 e. The first-order chi connectivity index (χ1) is 6.24. The zero-order valence-electron chi connectivity index (χ0n) is 7.66. The molecule has 0 aliphatic heterocycles. The summed E-state index contributed by atoms with van der Waals surface area (Å²) in [5, 5.41) is 6.66. The Hall–Kier alpha value is -1.36. The molecule has 0 bridgehead atoms. The Labute approximate surface area is 76.9 Å². The number of hydrogen-bond acceptors (Lipinski definition) is 3. The molecule has 0 spiro atoms. The van der Waals surface area contributed by atoms with Gasteiger partial charge in [0.15, 0.2) is 0 Å². The van der Waals surface area contributed by atoms with E-state index in [2.05, 4.69) is 10.4 Å². The van der Waals surface area contributed by atoms with Crippen LogP contribution in [0.2, 0.25) is 0 Å². The second-order valence-corrected chi connectivity index (χ2v) is 2.77. The summed E-state index contributed by atoms with van der Waals surface area (Å²) in [6, 6.07) is 1.86. The summed E-state index contributed by atoms with van der Waals surface area (Å²) < 4.78 is 1.64. The lowest BCUT2D eigenvalue weighted by Crippen LogP contribution is -2.32. The average molecular weight is 182 g/mol. The minimum atomic E-state index is -0.0581. The number of aryl methyl sites for hydroxylation is 1. The van der Waals surface area contributed by atoms with Gasteiger partial charge in [-0.1, -0.05) is 0 Å². The first-order valence-electron chi connectivity index (χ1n) is 4.19. The zero-order chi connectivity index (χ0) is 9.68. The van der Waals surface area contributed by atoms with Gasteiger partial charge in [0.25, 0.3) is 0 Å². The summed E-state index contributed by atoms with van der Waals surface area (Å²) in [5.74, 6) is -0.0581. The van der Waals surface area contributed by atoms with Gasteiger partial charge in [0, 0.05) is 25.0 Å². The number of nitrogens with two attached hydrogens (primary N) is 1. The molecule has 1 aromatic heterocycles. The Balaban J connectivity index is 2.41. The summed E-state index contributed by atoms with van der Waals surface area (Å²) in [6.07, 6.45) is 1.67. The number of nitrogens with one attached hydrogen (secondary N) is 1. The smallest absolute Gasteiger partial charge is 0.241 e. The van der Waals surface area contributed by atoms with Crippen LogP contribution in [0, 0.1) is 6.92 Å². The minimum absolute atomic E-state index is 0.0581. The fourth-order valence-corrected chi connectivity index (χ4v) is 0.968. The molecule has 13 heavy (non-hydrogen) atoms. The van der Waals surface area contributed by atoms with Crippen LogP contribution in [0.4, 0.5) is 0 Å². The van der Waals surface area contributed by atoms with Crippen LogP contribution in [0.15, 0.2) is 12.3 Å². The summed E-state index contributed by atoms with van der Waals surface area (Å²) >= 11 is 0. The lowest BCUT2D eigenvalue weighted by molar-refractivity contribution is -0.121. The van der Waals surface area contributed by atoms with E-state index in [9.17, 15) is 4.79 Å². The molecule has 0 unspecified atom stereocenters. The summed E-state index contributed by atoms with van der Waals surface area (Å²) in [6.45, 7) is 3.14. The molecule has 0 aliphatic carbocycles. The van der Waals surface area contributed by atoms with Crippen LogP contribution >= 0.6 is 0 Å². The van der Waals surface area contributed by atoms with Crippen molar-refractivity contribution in [1.29, 1.82) is 0 Å². The standard InChI is InChI=1S/C8H14N4O/c1-7-2-4-11-12(7)6-8(13)10-5-3-9/h2,4H,3,5-6,9H2,1H3,(H,10,13). The van der Waals surface area contributed by atoms with Crippen LogP contribution in [-0.2, 0) is 11.3 Å². The average Bonchev–Trinajstić information content (AvgIpc) is 2.48. The molecule has 0 aliphatic rings. The van der Waals surface area contributed by atoms with Crippen LogP contribution in [0.3, 0.4) is 0 Å². The molecule has 5 heteroatoms. The fraction of sp³-hybridized carbons (Fsp3) is 0.500. The van der Waals surface area contributed by atoms with Crippen molar-refractivity contribution < 1.29 is 4.79 Å². The molecule has 0 saturated heterocycles. The highest BCUT2D eigenvalue weighted by Gasteiger charge is 2.03. The predicted molar refractivity (Wildman–Crippen MR) is 49.0 cm³/mol. The Morgan fingerprint density at radius 3 is 3.08 bits per heavy atom. The van der Waals surface area contributed by atoms with Gasteiger partial charge in [0.1, 0.15) is 6.54 Å². The molecule has 0 saturated carbocycles. The molecular formula is C8H14N4O. The van der Waals surface area contributed by atoms with Crippen molar-refractivity contribution in [3.63, 3.8) is 0 Å². The second kappa shape index (κ2) is 4.61. The first-order valence-corrected chi connectivity index (χ1v) is 4.19. The van der Waals surface area contributed by atoms with Gasteiger partial charge in [-0.15, -0.1) is 0 Å². The van der Waals surface area contributed by atoms with Crippen molar-refractivity contribution in [1.82, 2.24) is 15.1 Å². The van der Waals surface area contributed by atoms with Gasteiger partial charge >= 0.3 is 0 Å². The van der Waals surface area contributed by atoms with E-state index in [1.165, 1.54) is 0 Å². The van der Waals surface area contributed by atoms with Crippen LogP contribution in [0.5, 0.6) is 0 Å². The Morgan fingerprint density at radius 2 is 2.54 bits per heavy atom. The Morgan fingerprint density at radius 1 is 1.77 bits per heavy atom.